The number of benzene rings is 1. The van der Waals surface area contributed by atoms with E-state index < -0.39 is 6.04 Å². The number of fused-ring (bicyclic) bond motifs is 1. The molecule has 0 aromatic heterocycles. The first-order chi connectivity index (χ1) is 15.5. The summed E-state index contributed by atoms with van der Waals surface area (Å²) in [4.78, 5) is 26.8. The van der Waals surface area contributed by atoms with Crippen molar-refractivity contribution in [1.82, 2.24) is 15.5 Å². The molecule has 0 spiro atoms. The van der Waals surface area contributed by atoms with Gasteiger partial charge < -0.3 is 25.0 Å². The van der Waals surface area contributed by atoms with Gasteiger partial charge in [-0.25, -0.2) is 4.39 Å². The Bertz CT molecular complexity index is 930. The van der Waals surface area contributed by atoms with Crippen molar-refractivity contribution in [2.75, 3.05) is 19.8 Å². The Morgan fingerprint density at radius 3 is 2.88 bits per heavy atom. The smallest absolute Gasteiger partial charge is 0.255 e. The molecule has 7 nitrogen and oxygen atoms in total. The number of carbonyl (C=O) groups is 2. The summed E-state index contributed by atoms with van der Waals surface area (Å²) in [6.07, 6.45) is 4.39. The molecule has 2 unspecified atom stereocenters. The maximum Gasteiger partial charge on any atom is 0.255 e. The number of hydrogen-bond acceptors (Lipinski definition) is 5. The van der Waals surface area contributed by atoms with Crippen LogP contribution in [0.25, 0.3) is 0 Å². The summed E-state index contributed by atoms with van der Waals surface area (Å²) in [5, 5.41) is 6.35. The van der Waals surface area contributed by atoms with Crippen molar-refractivity contribution in [2.24, 2.45) is 0 Å². The fourth-order valence-electron chi connectivity index (χ4n) is 5.31. The predicted molar refractivity (Wildman–Crippen MR) is 115 cm³/mol. The Hall–Kier alpha value is -2.29. The van der Waals surface area contributed by atoms with Gasteiger partial charge in [0.25, 0.3) is 5.91 Å². The van der Waals surface area contributed by atoms with Crippen molar-refractivity contribution in [3.63, 3.8) is 0 Å². The summed E-state index contributed by atoms with van der Waals surface area (Å²) in [7, 11) is 0. The van der Waals surface area contributed by atoms with Gasteiger partial charge in [-0.15, -0.1) is 0 Å². The van der Waals surface area contributed by atoms with E-state index in [9.17, 15) is 9.59 Å². The third-order valence-electron chi connectivity index (χ3n) is 7.08. The van der Waals surface area contributed by atoms with Crippen LogP contribution in [0.3, 0.4) is 0 Å². The lowest BCUT2D eigenvalue weighted by Gasteiger charge is -2.34. The number of carbonyl (C=O) groups excluding carboxylic acids is 2. The van der Waals surface area contributed by atoms with E-state index >= 15 is 4.39 Å². The average molecular weight is 444 g/mol. The van der Waals surface area contributed by atoms with Gasteiger partial charge >= 0.3 is 0 Å². The van der Waals surface area contributed by atoms with Crippen LogP contribution in [0.2, 0.25) is 0 Å². The van der Waals surface area contributed by atoms with E-state index in [1.54, 1.807) is 12.1 Å². The van der Waals surface area contributed by atoms with Crippen LogP contribution in [0.4, 0.5) is 4.39 Å². The highest BCUT2D eigenvalue weighted by molar-refractivity contribution is 6.01. The summed E-state index contributed by atoms with van der Waals surface area (Å²) in [5.41, 5.74) is 1.95. The van der Waals surface area contributed by atoms with E-state index in [2.05, 4.69) is 17.2 Å². The lowest BCUT2D eigenvalue weighted by atomic mass is 9.93. The van der Waals surface area contributed by atoms with Crippen molar-refractivity contribution >= 4 is 11.8 Å². The van der Waals surface area contributed by atoms with Crippen LogP contribution in [0.15, 0.2) is 24.4 Å². The third kappa shape index (κ3) is 4.07. The minimum absolute atomic E-state index is 0.116. The zero-order valence-corrected chi connectivity index (χ0v) is 18.2. The molecular weight excluding hydrogens is 413 g/mol. The number of nitrogens with one attached hydrogen (secondary N) is 2. The largest absolute Gasteiger partial charge is 0.380 e. The van der Waals surface area contributed by atoms with E-state index in [0.29, 0.717) is 60.9 Å². The molecule has 8 heteroatoms. The molecule has 4 heterocycles. The molecule has 0 radical (unpaired) electrons. The summed E-state index contributed by atoms with van der Waals surface area (Å²) < 4.78 is 27.0. The first-order valence-corrected chi connectivity index (χ1v) is 11.6. The van der Waals surface area contributed by atoms with Crippen molar-refractivity contribution in [2.45, 2.75) is 69.3 Å². The van der Waals surface area contributed by atoms with Gasteiger partial charge in [-0.2, -0.15) is 0 Å². The fraction of sp³-hybridized carbons (Fsp3) is 0.583. The molecule has 1 aromatic rings. The van der Waals surface area contributed by atoms with Crippen LogP contribution >= 0.6 is 0 Å². The van der Waals surface area contributed by atoms with Crippen LogP contribution in [0.1, 0.15) is 53.6 Å². The molecule has 172 valence electrons. The van der Waals surface area contributed by atoms with Gasteiger partial charge in [-0.3, -0.25) is 9.59 Å². The second-order valence-electron chi connectivity index (χ2n) is 9.23. The predicted octanol–water partition coefficient (Wildman–Crippen LogP) is 2.04. The molecule has 4 atom stereocenters. The van der Waals surface area contributed by atoms with Gasteiger partial charge in [0.05, 0.1) is 19.3 Å². The van der Waals surface area contributed by atoms with Gasteiger partial charge in [0, 0.05) is 48.5 Å². The second-order valence-corrected chi connectivity index (χ2v) is 9.23. The van der Waals surface area contributed by atoms with Gasteiger partial charge in [-0.1, -0.05) is 12.6 Å². The van der Waals surface area contributed by atoms with E-state index in [1.807, 2.05) is 0 Å². The monoisotopic (exact) mass is 443 g/mol. The molecule has 0 aliphatic carbocycles. The maximum atomic E-state index is 15.5. The average Bonchev–Trinajstić information content (AvgIpc) is 3.40. The van der Waals surface area contributed by atoms with Gasteiger partial charge in [0.15, 0.2) is 0 Å². The standard InChI is InChI=1S/C24H30FN3O4/c1-14-4-7-20(23(29)26-14)28-12-18-17(24(28)30)6-5-15(22(18)25)11-21-19(3-2-9-32-21)27-16-8-10-31-13-16/h5-6,16,19-21,27H,1-4,7-13H2,(H,26,29)/t16?,19-,20?,21+/m0/s1. The lowest BCUT2D eigenvalue weighted by Crippen LogP contribution is -2.50. The Morgan fingerprint density at radius 2 is 2.09 bits per heavy atom. The summed E-state index contributed by atoms with van der Waals surface area (Å²) in [6.45, 7) is 6.05. The number of ether oxygens (including phenoxy) is 2. The SMILES string of the molecule is C=C1CCC(N2Cc3c(ccc(C[C@H]4OCCC[C@@H]4NC4CCOC4)c3F)C2=O)C(=O)N1. The van der Waals surface area contributed by atoms with Crippen molar-refractivity contribution < 1.29 is 23.5 Å². The molecule has 4 aliphatic heterocycles. The highest BCUT2D eigenvalue weighted by Crippen LogP contribution is 2.32. The number of allylic oxidation sites excluding steroid dienone is 1. The first kappa shape index (κ1) is 21.6. The van der Waals surface area contributed by atoms with Crippen LogP contribution < -0.4 is 10.6 Å². The molecule has 2 N–H and O–H groups in total. The van der Waals surface area contributed by atoms with Gasteiger partial charge in [0.2, 0.25) is 5.91 Å². The molecule has 32 heavy (non-hydrogen) atoms. The Morgan fingerprint density at radius 1 is 1.22 bits per heavy atom. The summed E-state index contributed by atoms with van der Waals surface area (Å²) in [6, 6.07) is 3.28. The molecule has 5 rings (SSSR count). The third-order valence-corrected chi connectivity index (χ3v) is 7.08. The Kier molecular flexibility index (Phi) is 6.01. The van der Waals surface area contributed by atoms with E-state index in [4.69, 9.17) is 9.47 Å². The minimum atomic E-state index is -0.591. The molecule has 0 bridgehead atoms. The van der Waals surface area contributed by atoms with Crippen LogP contribution in [-0.4, -0.2) is 60.8 Å². The molecule has 4 aliphatic rings. The van der Waals surface area contributed by atoms with Crippen molar-refractivity contribution in [3.05, 3.63) is 46.9 Å². The second kappa shape index (κ2) is 8.92. The number of piperidine rings is 1. The topological polar surface area (TPSA) is 79.9 Å². The van der Waals surface area contributed by atoms with Crippen LogP contribution in [0.5, 0.6) is 0 Å². The highest BCUT2D eigenvalue weighted by atomic mass is 19.1. The van der Waals surface area contributed by atoms with Crippen LogP contribution in [-0.2, 0) is 27.2 Å². The van der Waals surface area contributed by atoms with Crippen molar-refractivity contribution in [3.8, 4) is 0 Å². The maximum absolute atomic E-state index is 15.5. The first-order valence-electron chi connectivity index (χ1n) is 11.6. The Labute approximate surface area is 187 Å². The quantitative estimate of drug-likeness (QED) is 0.728. The molecule has 3 saturated heterocycles. The van der Waals surface area contributed by atoms with E-state index in [-0.39, 0.29) is 36.3 Å². The van der Waals surface area contributed by atoms with E-state index in [0.717, 1.165) is 25.9 Å². The highest BCUT2D eigenvalue weighted by Gasteiger charge is 2.40. The van der Waals surface area contributed by atoms with Crippen molar-refractivity contribution in [1.29, 1.82) is 0 Å². The summed E-state index contributed by atoms with van der Waals surface area (Å²) in [5.74, 6) is -0.882. The minimum Gasteiger partial charge on any atom is -0.380 e. The fourth-order valence-corrected chi connectivity index (χ4v) is 5.31. The molecule has 2 amide bonds. The van der Waals surface area contributed by atoms with Crippen LogP contribution in [0, 0.1) is 5.82 Å². The normalized spacial score (nSPS) is 30.5. The molecular formula is C24H30FN3O4. The summed E-state index contributed by atoms with van der Waals surface area (Å²) >= 11 is 0. The number of rotatable bonds is 5. The Balaban J connectivity index is 1.32. The number of halogens is 1. The number of hydrogen-bond donors (Lipinski definition) is 2. The molecule has 1 aromatic carbocycles. The van der Waals surface area contributed by atoms with E-state index in [1.165, 1.54) is 4.90 Å². The molecule has 0 saturated carbocycles. The zero-order chi connectivity index (χ0) is 22.2. The number of amides is 2. The van der Waals surface area contributed by atoms with Gasteiger partial charge in [-0.05, 0) is 43.7 Å². The van der Waals surface area contributed by atoms with Gasteiger partial charge in [0.1, 0.15) is 11.9 Å². The number of nitrogens with zero attached hydrogens (tertiary/aromatic N) is 1. The molecule has 3 fully saturated rings. The lowest BCUT2D eigenvalue weighted by molar-refractivity contribution is -0.126. The zero-order valence-electron chi connectivity index (χ0n) is 18.2.